The summed E-state index contributed by atoms with van der Waals surface area (Å²) in [5.74, 6) is 0.818. The van der Waals surface area contributed by atoms with E-state index in [0.717, 1.165) is 5.56 Å². The van der Waals surface area contributed by atoms with E-state index in [4.69, 9.17) is 4.74 Å². The second-order valence-corrected chi connectivity index (χ2v) is 6.15. The lowest BCUT2D eigenvalue weighted by molar-refractivity contribution is -0.129. The molecule has 6 nitrogen and oxygen atoms in total. The average molecular weight is 319 g/mol. The Morgan fingerprint density at radius 3 is 2.83 bits per heavy atom. The number of hydrogen-bond donors (Lipinski definition) is 2. The van der Waals surface area contributed by atoms with E-state index in [1.54, 1.807) is 11.0 Å². The van der Waals surface area contributed by atoms with E-state index in [2.05, 4.69) is 17.6 Å². The van der Waals surface area contributed by atoms with Crippen LogP contribution in [0.1, 0.15) is 19.4 Å². The van der Waals surface area contributed by atoms with Gasteiger partial charge in [-0.25, -0.2) is 0 Å². The smallest absolute Gasteiger partial charge is 0.226 e. The molecule has 0 aliphatic carbocycles. The maximum absolute atomic E-state index is 12.4. The Morgan fingerprint density at radius 1 is 1.43 bits per heavy atom. The highest BCUT2D eigenvalue weighted by Gasteiger charge is 2.26. The molecule has 0 saturated carbocycles. The number of ether oxygens (including phenoxy) is 1. The normalized spacial score (nSPS) is 21.6. The van der Waals surface area contributed by atoms with Crippen LogP contribution in [0.15, 0.2) is 18.2 Å². The van der Waals surface area contributed by atoms with Gasteiger partial charge in [0.1, 0.15) is 11.9 Å². The number of rotatable bonds is 3. The lowest BCUT2D eigenvalue weighted by Crippen LogP contribution is -2.41. The SMILES string of the molecule is CNC[C@H]1Oc2ccc(NC(C)=O)cc2CC(=O)N(C)C[C@@H]1C. The van der Waals surface area contributed by atoms with E-state index in [-0.39, 0.29) is 30.3 Å². The number of benzene rings is 1. The maximum atomic E-state index is 12.4. The number of nitrogens with one attached hydrogen (secondary N) is 2. The predicted octanol–water partition coefficient (Wildman–Crippen LogP) is 1.26. The first-order chi connectivity index (χ1) is 10.9. The summed E-state index contributed by atoms with van der Waals surface area (Å²) in [5.41, 5.74) is 1.47. The first-order valence-electron chi connectivity index (χ1n) is 7.86. The molecule has 1 aliphatic rings. The lowest BCUT2D eigenvalue weighted by Gasteiger charge is -2.27. The van der Waals surface area contributed by atoms with Gasteiger partial charge in [-0.3, -0.25) is 9.59 Å². The van der Waals surface area contributed by atoms with E-state index in [0.29, 0.717) is 24.5 Å². The van der Waals surface area contributed by atoms with Crippen LogP contribution in [0.2, 0.25) is 0 Å². The number of anilines is 1. The zero-order valence-electron chi connectivity index (χ0n) is 14.2. The molecule has 1 aromatic rings. The molecular formula is C17H25N3O3. The van der Waals surface area contributed by atoms with Gasteiger partial charge in [-0.05, 0) is 25.2 Å². The van der Waals surface area contributed by atoms with Gasteiger partial charge in [0.2, 0.25) is 11.8 Å². The molecule has 0 bridgehead atoms. The molecule has 23 heavy (non-hydrogen) atoms. The van der Waals surface area contributed by atoms with Crippen molar-refractivity contribution in [3.05, 3.63) is 23.8 Å². The van der Waals surface area contributed by atoms with Crippen molar-refractivity contribution in [3.63, 3.8) is 0 Å². The third kappa shape index (κ3) is 4.45. The van der Waals surface area contributed by atoms with Crippen LogP contribution in [0.3, 0.4) is 0 Å². The number of amides is 2. The van der Waals surface area contributed by atoms with Crippen molar-refractivity contribution in [2.45, 2.75) is 26.4 Å². The summed E-state index contributed by atoms with van der Waals surface area (Å²) < 4.78 is 6.17. The predicted molar refractivity (Wildman–Crippen MR) is 89.6 cm³/mol. The lowest BCUT2D eigenvalue weighted by atomic mass is 10.0. The van der Waals surface area contributed by atoms with Crippen LogP contribution in [-0.2, 0) is 16.0 Å². The second-order valence-electron chi connectivity index (χ2n) is 6.15. The summed E-state index contributed by atoms with van der Waals surface area (Å²) in [6.07, 6.45) is 0.233. The van der Waals surface area contributed by atoms with Gasteiger partial charge in [0.25, 0.3) is 0 Å². The number of carbonyl (C=O) groups is 2. The summed E-state index contributed by atoms with van der Waals surface area (Å²) in [6.45, 7) is 4.90. The minimum Gasteiger partial charge on any atom is -0.488 e. The topological polar surface area (TPSA) is 70.7 Å². The molecule has 0 spiro atoms. The molecule has 126 valence electrons. The van der Waals surface area contributed by atoms with Crippen LogP contribution in [0.5, 0.6) is 5.75 Å². The number of carbonyl (C=O) groups excluding carboxylic acids is 2. The van der Waals surface area contributed by atoms with Gasteiger partial charge in [-0.15, -0.1) is 0 Å². The summed E-state index contributed by atoms with van der Waals surface area (Å²) in [7, 11) is 3.70. The monoisotopic (exact) mass is 319 g/mol. The largest absolute Gasteiger partial charge is 0.488 e. The Morgan fingerprint density at radius 2 is 2.17 bits per heavy atom. The summed E-state index contributed by atoms with van der Waals surface area (Å²) in [6, 6.07) is 5.44. The van der Waals surface area contributed by atoms with Crippen molar-refractivity contribution >= 4 is 17.5 Å². The molecule has 1 aliphatic heterocycles. The fourth-order valence-electron chi connectivity index (χ4n) is 2.79. The molecule has 1 aromatic carbocycles. The summed E-state index contributed by atoms with van der Waals surface area (Å²) in [4.78, 5) is 25.4. The van der Waals surface area contributed by atoms with Crippen molar-refractivity contribution in [3.8, 4) is 5.75 Å². The minimum atomic E-state index is -0.140. The van der Waals surface area contributed by atoms with Crippen molar-refractivity contribution in [2.24, 2.45) is 5.92 Å². The molecular weight excluding hydrogens is 294 g/mol. The number of likely N-dealkylation sites (N-methyl/N-ethyl adjacent to an activating group) is 2. The summed E-state index contributed by atoms with van der Waals surface area (Å²) >= 11 is 0. The van der Waals surface area contributed by atoms with Crippen LogP contribution in [0.4, 0.5) is 5.69 Å². The van der Waals surface area contributed by atoms with Crippen molar-refractivity contribution in [1.82, 2.24) is 10.2 Å². The molecule has 0 saturated heterocycles. The minimum absolute atomic E-state index is 0.0290. The molecule has 0 radical (unpaired) electrons. The van der Waals surface area contributed by atoms with E-state index < -0.39 is 0 Å². The fourth-order valence-corrected chi connectivity index (χ4v) is 2.79. The van der Waals surface area contributed by atoms with E-state index >= 15 is 0 Å². The fraction of sp³-hybridized carbons (Fsp3) is 0.529. The standard InChI is InChI=1S/C17H25N3O3/c1-11-10-20(4)17(22)8-13-7-14(19-12(2)21)5-6-15(13)23-16(11)9-18-3/h5-7,11,16,18H,8-10H2,1-4H3,(H,19,21)/t11-,16+/m0/s1. The molecule has 0 fully saturated rings. The molecule has 1 heterocycles. The van der Waals surface area contributed by atoms with Crippen LogP contribution in [-0.4, -0.2) is 50.0 Å². The quantitative estimate of drug-likeness (QED) is 0.880. The van der Waals surface area contributed by atoms with Crippen LogP contribution in [0, 0.1) is 5.92 Å². The third-order valence-electron chi connectivity index (χ3n) is 4.03. The van der Waals surface area contributed by atoms with Gasteiger partial charge in [0.15, 0.2) is 0 Å². The first-order valence-corrected chi connectivity index (χ1v) is 7.86. The third-order valence-corrected chi connectivity index (χ3v) is 4.03. The molecule has 0 unspecified atom stereocenters. The van der Waals surface area contributed by atoms with Crippen molar-refractivity contribution in [2.75, 3.05) is 32.5 Å². The molecule has 2 atom stereocenters. The zero-order valence-corrected chi connectivity index (χ0v) is 14.2. The number of nitrogens with zero attached hydrogens (tertiary/aromatic N) is 1. The van der Waals surface area contributed by atoms with Gasteiger partial charge in [-0.2, -0.15) is 0 Å². The first kappa shape index (κ1) is 17.3. The maximum Gasteiger partial charge on any atom is 0.226 e. The second kappa shape index (κ2) is 7.46. The van der Waals surface area contributed by atoms with Crippen LogP contribution < -0.4 is 15.4 Å². The Hall–Kier alpha value is -2.08. The zero-order chi connectivity index (χ0) is 17.0. The van der Waals surface area contributed by atoms with E-state index in [1.807, 2.05) is 26.2 Å². The van der Waals surface area contributed by atoms with Gasteiger partial charge in [0, 0.05) is 44.2 Å². The van der Waals surface area contributed by atoms with Crippen LogP contribution in [0.25, 0.3) is 0 Å². The molecule has 2 N–H and O–H groups in total. The van der Waals surface area contributed by atoms with Gasteiger partial charge < -0.3 is 20.3 Å². The number of fused-ring (bicyclic) bond motifs is 1. The van der Waals surface area contributed by atoms with E-state index in [9.17, 15) is 9.59 Å². The van der Waals surface area contributed by atoms with Gasteiger partial charge >= 0.3 is 0 Å². The highest BCUT2D eigenvalue weighted by atomic mass is 16.5. The Kier molecular flexibility index (Phi) is 5.60. The molecule has 2 amide bonds. The molecule has 2 rings (SSSR count). The molecule has 0 aromatic heterocycles. The highest BCUT2D eigenvalue weighted by Crippen LogP contribution is 2.28. The Labute approximate surface area is 137 Å². The van der Waals surface area contributed by atoms with Gasteiger partial charge in [-0.1, -0.05) is 6.92 Å². The summed E-state index contributed by atoms with van der Waals surface area (Å²) in [5, 5.41) is 5.89. The Balaban J connectivity index is 2.37. The van der Waals surface area contributed by atoms with E-state index in [1.165, 1.54) is 6.92 Å². The highest BCUT2D eigenvalue weighted by molar-refractivity contribution is 5.89. The average Bonchev–Trinajstić information content (AvgIpc) is 2.51. The van der Waals surface area contributed by atoms with Gasteiger partial charge in [0.05, 0.1) is 6.42 Å². The number of hydrogen-bond acceptors (Lipinski definition) is 4. The van der Waals surface area contributed by atoms with Crippen molar-refractivity contribution in [1.29, 1.82) is 0 Å². The molecule has 6 heteroatoms. The van der Waals surface area contributed by atoms with Crippen molar-refractivity contribution < 1.29 is 14.3 Å². The Bertz CT molecular complexity index is 588. The van der Waals surface area contributed by atoms with Crippen LogP contribution >= 0.6 is 0 Å².